The molecule has 0 aromatic carbocycles. The summed E-state index contributed by atoms with van der Waals surface area (Å²) >= 11 is 1.59. The third-order valence-electron chi connectivity index (χ3n) is 3.51. The van der Waals surface area contributed by atoms with Crippen molar-refractivity contribution in [3.05, 3.63) is 45.9 Å². The minimum atomic E-state index is -0.0925. The Morgan fingerprint density at radius 1 is 1.32 bits per heavy atom. The predicted molar refractivity (Wildman–Crippen MR) is 88.6 cm³/mol. The van der Waals surface area contributed by atoms with Crippen molar-refractivity contribution in [1.82, 2.24) is 14.6 Å². The van der Waals surface area contributed by atoms with Gasteiger partial charge >= 0.3 is 0 Å². The molecule has 3 aromatic rings. The maximum absolute atomic E-state index is 12.5. The van der Waals surface area contributed by atoms with Gasteiger partial charge in [-0.15, -0.1) is 11.3 Å². The summed E-state index contributed by atoms with van der Waals surface area (Å²) < 4.78 is 1.62. The number of fused-ring (bicyclic) bond motifs is 1. The summed E-state index contributed by atoms with van der Waals surface area (Å²) in [6.45, 7) is 4.28. The zero-order valence-electron chi connectivity index (χ0n) is 12.7. The van der Waals surface area contributed by atoms with Gasteiger partial charge in [0.1, 0.15) is 5.82 Å². The third kappa shape index (κ3) is 2.74. The minimum absolute atomic E-state index is 0.0925. The molecule has 0 unspecified atom stereocenters. The molecule has 0 aliphatic heterocycles. The lowest BCUT2D eigenvalue weighted by Crippen LogP contribution is -2.13. The first-order valence-corrected chi connectivity index (χ1v) is 8.26. The van der Waals surface area contributed by atoms with Gasteiger partial charge in [-0.05, 0) is 30.5 Å². The Balaban J connectivity index is 1.87. The van der Waals surface area contributed by atoms with Crippen molar-refractivity contribution in [2.24, 2.45) is 0 Å². The van der Waals surface area contributed by atoms with E-state index in [1.165, 1.54) is 10.4 Å². The molecule has 3 rings (SSSR count). The molecule has 1 N–H and O–H groups in total. The number of thiophene rings is 1. The van der Waals surface area contributed by atoms with E-state index >= 15 is 0 Å². The maximum Gasteiger partial charge on any atom is 0.266 e. The van der Waals surface area contributed by atoms with Crippen molar-refractivity contribution in [2.45, 2.75) is 33.1 Å². The number of hydrogen-bond donors (Lipinski definition) is 1. The Morgan fingerprint density at radius 2 is 2.18 bits per heavy atom. The first-order chi connectivity index (χ1) is 10.7. The van der Waals surface area contributed by atoms with Gasteiger partial charge in [-0.3, -0.25) is 4.79 Å². The van der Waals surface area contributed by atoms with Crippen LogP contribution in [0, 0.1) is 0 Å². The molecule has 3 heterocycles. The van der Waals surface area contributed by atoms with Crippen molar-refractivity contribution in [2.75, 3.05) is 5.32 Å². The highest BCUT2D eigenvalue weighted by atomic mass is 32.1. The fourth-order valence-corrected chi connectivity index (χ4v) is 3.67. The molecule has 0 bridgehead atoms. The van der Waals surface area contributed by atoms with Crippen molar-refractivity contribution < 1.29 is 4.79 Å². The molecule has 0 saturated carbocycles. The maximum atomic E-state index is 12.5. The molecule has 1 amide bonds. The second-order valence-electron chi connectivity index (χ2n) is 5.05. The normalized spacial score (nSPS) is 11.0. The minimum Gasteiger partial charge on any atom is -0.306 e. The lowest BCUT2D eigenvalue weighted by Gasteiger charge is -2.05. The third-order valence-corrected chi connectivity index (χ3v) is 4.75. The largest absolute Gasteiger partial charge is 0.306 e. The summed E-state index contributed by atoms with van der Waals surface area (Å²) in [6, 6.07) is 5.56. The fourth-order valence-electron chi connectivity index (χ4n) is 2.42. The van der Waals surface area contributed by atoms with E-state index in [9.17, 15) is 4.79 Å². The van der Waals surface area contributed by atoms with E-state index in [4.69, 9.17) is 0 Å². The van der Waals surface area contributed by atoms with Crippen LogP contribution in [0.15, 0.2) is 30.6 Å². The van der Waals surface area contributed by atoms with E-state index in [1.807, 2.05) is 6.07 Å². The van der Waals surface area contributed by atoms with Gasteiger partial charge in [-0.2, -0.15) is 9.61 Å². The Hall–Kier alpha value is -2.21. The summed E-state index contributed by atoms with van der Waals surface area (Å²) in [6.07, 6.45) is 6.41. The molecule has 3 aromatic heterocycles. The van der Waals surface area contributed by atoms with Crippen LogP contribution >= 0.6 is 11.3 Å². The molecule has 0 aliphatic rings. The van der Waals surface area contributed by atoms with Crippen LogP contribution in [0.5, 0.6) is 0 Å². The Morgan fingerprint density at radius 3 is 2.95 bits per heavy atom. The Labute approximate surface area is 133 Å². The average Bonchev–Trinajstić information content (AvgIpc) is 3.14. The number of hydrogen-bond acceptors (Lipinski definition) is 4. The van der Waals surface area contributed by atoms with Crippen LogP contribution in [-0.2, 0) is 12.8 Å². The quantitative estimate of drug-likeness (QED) is 0.783. The van der Waals surface area contributed by atoms with E-state index in [0.29, 0.717) is 11.5 Å². The van der Waals surface area contributed by atoms with Crippen LogP contribution in [-0.4, -0.2) is 20.5 Å². The van der Waals surface area contributed by atoms with E-state index in [2.05, 4.69) is 29.2 Å². The average molecular weight is 314 g/mol. The summed E-state index contributed by atoms with van der Waals surface area (Å²) in [5.41, 5.74) is 1.99. The predicted octanol–water partition coefficient (Wildman–Crippen LogP) is 3.56. The van der Waals surface area contributed by atoms with Crippen molar-refractivity contribution in [3.8, 4) is 0 Å². The zero-order valence-corrected chi connectivity index (χ0v) is 13.5. The number of aryl methyl sites for hydroxylation is 2. The molecule has 0 fully saturated rings. The molecule has 0 radical (unpaired) electrons. The zero-order chi connectivity index (χ0) is 15.5. The lowest BCUT2D eigenvalue weighted by atomic mass is 10.1. The fraction of sp³-hybridized carbons (Fsp3) is 0.312. The van der Waals surface area contributed by atoms with Gasteiger partial charge in [0.25, 0.3) is 5.91 Å². The van der Waals surface area contributed by atoms with E-state index in [1.54, 1.807) is 40.4 Å². The number of anilines is 1. The van der Waals surface area contributed by atoms with Crippen molar-refractivity contribution >= 4 is 28.7 Å². The molecular weight excluding hydrogens is 296 g/mol. The molecule has 114 valence electrons. The van der Waals surface area contributed by atoms with Gasteiger partial charge in [0, 0.05) is 17.1 Å². The summed E-state index contributed by atoms with van der Waals surface area (Å²) in [4.78, 5) is 18.8. The van der Waals surface area contributed by atoms with Crippen LogP contribution in [0.4, 0.5) is 5.82 Å². The van der Waals surface area contributed by atoms with Crippen LogP contribution in [0.3, 0.4) is 0 Å². The highest BCUT2D eigenvalue weighted by Gasteiger charge is 2.15. The topological polar surface area (TPSA) is 59.3 Å². The number of carbonyl (C=O) groups is 1. The SMILES string of the molecule is CCCc1sc(C(=O)Nc2ccnc3ccnn23)cc1CC. The standard InChI is InChI=1S/C16H18N4OS/c1-3-5-12-11(4-2)10-13(22-12)16(21)19-15-6-8-17-14-7-9-18-20(14)15/h6-10H,3-5H2,1-2H3,(H,19,21). The van der Waals surface area contributed by atoms with Crippen LogP contribution < -0.4 is 5.32 Å². The van der Waals surface area contributed by atoms with Gasteiger partial charge < -0.3 is 5.32 Å². The molecule has 5 nitrogen and oxygen atoms in total. The van der Waals surface area contributed by atoms with Crippen LogP contribution in [0.25, 0.3) is 5.65 Å². The van der Waals surface area contributed by atoms with Crippen LogP contribution in [0.2, 0.25) is 0 Å². The smallest absolute Gasteiger partial charge is 0.266 e. The van der Waals surface area contributed by atoms with Crippen molar-refractivity contribution in [1.29, 1.82) is 0 Å². The number of carbonyl (C=O) groups excluding carboxylic acids is 1. The van der Waals surface area contributed by atoms with E-state index in [-0.39, 0.29) is 5.91 Å². The first kappa shape index (κ1) is 14.7. The Bertz CT molecular complexity index is 805. The second-order valence-corrected chi connectivity index (χ2v) is 6.18. The van der Waals surface area contributed by atoms with Crippen molar-refractivity contribution in [3.63, 3.8) is 0 Å². The summed E-state index contributed by atoms with van der Waals surface area (Å²) in [5, 5.41) is 7.10. The van der Waals surface area contributed by atoms with Gasteiger partial charge in [-0.25, -0.2) is 4.98 Å². The van der Waals surface area contributed by atoms with Crippen LogP contribution in [0.1, 0.15) is 40.4 Å². The lowest BCUT2D eigenvalue weighted by molar-refractivity contribution is 0.103. The van der Waals surface area contributed by atoms with Gasteiger partial charge in [0.15, 0.2) is 5.65 Å². The number of rotatable bonds is 5. The highest BCUT2D eigenvalue weighted by Crippen LogP contribution is 2.25. The van der Waals surface area contributed by atoms with E-state index < -0.39 is 0 Å². The summed E-state index contributed by atoms with van der Waals surface area (Å²) in [7, 11) is 0. The van der Waals surface area contributed by atoms with Gasteiger partial charge in [0.2, 0.25) is 0 Å². The van der Waals surface area contributed by atoms with Gasteiger partial charge in [0.05, 0.1) is 11.1 Å². The Kier molecular flexibility index (Phi) is 4.20. The first-order valence-electron chi connectivity index (χ1n) is 7.44. The molecule has 0 atom stereocenters. The molecule has 0 saturated heterocycles. The van der Waals surface area contributed by atoms with Gasteiger partial charge in [-0.1, -0.05) is 20.3 Å². The molecular formula is C16H18N4OS. The number of nitrogens with zero attached hydrogens (tertiary/aromatic N) is 3. The molecule has 22 heavy (non-hydrogen) atoms. The molecule has 0 spiro atoms. The molecule has 0 aliphatic carbocycles. The summed E-state index contributed by atoms with van der Waals surface area (Å²) in [5.74, 6) is 0.536. The molecule has 6 heteroatoms. The monoisotopic (exact) mass is 314 g/mol. The van der Waals surface area contributed by atoms with E-state index in [0.717, 1.165) is 24.1 Å². The number of aromatic nitrogens is 3. The number of amides is 1. The second kappa shape index (κ2) is 6.27. The number of nitrogens with one attached hydrogen (secondary N) is 1. The highest BCUT2D eigenvalue weighted by molar-refractivity contribution is 7.14.